The second kappa shape index (κ2) is 10.5. The van der Waals surface area contributed by atoms with E-state index in [1.165, 1.54) is 16.2 Å². The zero-order valence-corrected chi connectivity index (χ0v) is 22.7. The number of aromatic nitrogens is 1. The van der Waals surface area contributed by atoms with Crippen LogP contribution in [0.1, 0.15) is 43.0 Å². The molecule has 11 heteroatoms. The van der Waals surface area contributed by atoms with E-state index in [1.54, 1.807) is 18.3 Å². The minimum Gasteiger partial charge on any atom is -0.490 e. The van der Waals surface area contributed by atoms with E-state index >= 15 is 0 Å². The quantitative estimate of drug-likeness (QED) is 0.438. The Morgan fingerprint density at radius 2 is 2.11 bits per heavy atom. The molecule has 9 nitrogen and oxygen atoms in total. The Morgan fingerprint density at radius 3 is 2.82 bits per heavy atom. The summed E-state index contributed by atoms with van der Waals surface area (Å²) in [5.41, 5.74) is 4.23. The molecule has 1 aromatic heterocycles. The molecule has 2 aromatic carbocycles. The van der Waals surface area contributed by atoms with Gasteiger partial charge in [-0.25, -0.2) is 18.1 Å². The highest BCUT2D eigenvalue weighted by Gasteiger charge is 2.34. The predicted octanol–water partition coefficient (Wildman–Crippen LogP) is 3.25. The molecule has 2 heterocycles. The van der Waals surface area contributed by atoms with Gasteiger partial charge in [-0.3, -0.25) is 4.79 Å². The van der Waals surface area contributed by atoms with Crippen molar-refractivity contribution in [2.45, 2.75) is 44.9 Å². The minimum atomic E-state index is -3.84. The highest BCUT2D eigenvalue weighted by Crippen LogP contribution is 2.41. The van der Waals surface area contributed by atoms with Gasteiger partial charge in [0.25, 0.3) is 0 Å². The van der Waals surface area contributed by atoms with Crippen LogP contribution in [-0.2, 0) is 21.2 Å². The Balaban J connectivity index is 1.34. The molecule has 1 unspecified atom stereocenters. The van der Waals surface area contributed by atoms with Crippen LogP contribution in [0, 0.1) is 11.3 Å². The molecule has 5 rings (SSSR count). The summed E-state index contributed by atoms with van der Waals surface area (Å²) in [6.45, 7) is 4.17. The van der Waals surface area contributed by atoms with Crippen molar-refractivity contribution in [1.82, 2.24) is 14.6 Å². The van der Waals surface area contributed by atoms with Crippen LogP contribution in [0.3, 0.4) is 0 Å². The molecule has 0 saturated carbocycles. The monoisotopic (exact) mass is 552 g/mol. The van der Waals surface area contributed by atoms with Crippen molar-refractivity contribution in [3.8, 4) is 32.8 Å². The van der Waals surface area contributed by atoms with Crippen molar-refractivity contribution in [3.05, 3.63) is 59.3 Å². The first-order valence-corrected chi connectivity index (χ1v) is 14.9. The van der Waals surface area contributed by atoms with Crippen molar-refractivity contribution in [2.75, 3.05) is 18.8 Å². The van der Waals surface area contributed by atoms with Crippen LogP contribution >= 0.6 is 11.3 Å². The zero-order chi connectivity index (χ0) is 27.0. The third-order valence-electron chi connectivity index (χ3n) is 6.60. The highest BCUT2D eigenvalue weighted by atomic mass is 32.2. The molecular weight excluding hydrogens is 524 g/mol. The summed E-state index contributed by atoms with van der Waals surface area (Å²) in [6, 6.07) is 13.1. The molecule has 3 aromatic rings. The molecule has 1 amide bonds. The van der Waals surface area contributed by atoms with Gasteiger partial charge in [0, 0.05) is 30.9 Å². The number of carbonyl (C=O) groups is 1. The van der Waals surface area contributed by atoms with Gasteiger partial charge in [0.1, 0.15) is 22.6 Å². The van der Waals surface area contributed by atoms with E-state index in [-0.39, 0.29) is 19.2 Å². The Bertz CT molecular complexity index is 1520. The van der Waals surface area contributed by atoms with Crippen LogP contribution in [0.5, 0.6) is 5.75 Å². The van der Waals surface area contributed by atoms with Crippen LogP contribution in [0.25, 0.3) is 21.0 Å². The number of fused-ring (bicyclic) bond motifs is 1. The molecule has 198 valence electrons. The van der Waals surface area contributed by atoms with E-state index < -0.39 is 33.8 Å². The van der Waals surface area contributed by atoms with E-state index in [4.69, 9.17) is 4.74 Å². The Labute approximate surface area is 225 Å². The van der Waals surface area contributed by atoms with Gasteiger partial charge in [-0.1, -0.05) is 18.2 Å². The molecule has 1 atom stereocenters. The summed E-state index contributed by atoms with van der Waals surface area (Å²) in [5, 5.41) is 19.7. The summed E-state index contributed by atoms with van der Waals surface area (Å²) in [6.07, 6.45) is 2.48. The fourth-order valence-electron chi connectivity index (χ4n) is 4.82. The lowest BCUT2D eigenvalue weighted by atomic mass is 10.0. The number of aliphatic hydroxyl groups is 1. The van der Waals surface area contributed by atoms with Crippen molar-refractivity contribution < 1.29 is 23.1 Å². The average Bonchev–Trinajstić information content (AvgIpc) is 3.49. The Hall–Kier alpha value is -3.30. The molecule has 0 radical (unpaired) electrons. The van der Waals surface area contributed by atoms with E-state index in [2.05, 4.69) is 15.8 Å². The number of rotatable bonds is 8. The zero-order valence-electron chi connectivity index (χ0n) is 21.0. The molecule has 1 fully saturated rings. The van der Waals surface area contributed by atoms with Crippen molar-refractivity contribution in [1.29, 1.82) is 5.26 Å². The lowest BCUT2D eigenvalue weighted by Gasteiger charge is -2.35. The second-order valence-electron chi connectivity index (χ2n) is 9.81. The molecule has 2 aliphatic rings. The lowest BCUT2D eigenvalue weighted by molar-refractivity contribution is -0.138. The lowest BCUT2D eigenvalue weighted by Crippen LogP contribution is -2.55. The van der Waals surface area contributed by atoms with Crippen molar-refractivity contribution >= 4 is 27.3 Å². The molecular formula is C27H28N4O5S2. The fraction of sp³-hybridized carbons (Fsp3) is 0.370. The maximum absolute atomic E-state index is 12.7. The number of nitriles is 1. The minimum absolute atomic E-state index is 0.0390. The molecule has 0 spiro atoms. The third-order valence-corrected chi connectivity index (χ3v) is 8.95. The number of aliphatic hydroxyl groups excluding tert-OH is 1. The molecule has 38 heavy (non-hydrogen) atoms. The van der Waals surface area contributed by atoms with Crippen molar-refractivity contribution in [3.63, 3.8) is 0 Å². The largest absolute Gasteiger partial charge is 0.490 e. The highest BCUT2D eigenvalue weighted by molar-refractivity contribution is 7.90. The maximum Gasteiger partial charge on any atom is 0.239 e. The van der Waals surface area contributed by atoms with Crippen molar-refractivity contribution in [2.24, 2.45) is 0 Å². The fourth-order valence-corrected chi connectivity index (χ4v) is 7.05. The Morgan fingerprint density at radius 1 is 1.32 bits per heavy atom. The number of ether oxygens (including phenoxy) is 1. The van der Waals surface area contributed by atoms with E-state index in [9.17, 15) is 23.6 Å². The van der Waals surface area contributed by atoms with Gasteiger partial charge in [-0.15, -0.1) is 11.3 Å². The number of likely N-dealkylation sites (tertiary alicyclic amines) is 1. The van der Waals surface area contributed by atoms with E-state index in [0.717, 1.165) is 32.1 Å². The van der Waals surface area contributed by atoms with Crippen LogP contribution in [0.2, 0.25) is 0 Å². The standard InChI is InChI=1S/C27H28N4O5S2/c1-16(2)36-24-9-6-17(10-18(24)11-28)27-29-12-25(37-27)22-5-3-4-21-20(22)7-8-23(21)30-38(34,35)15-26(33)31-13-19(32)14-31/h3-6,9-10,12,16,19,23,30,32H,7-8,13-15H2,1-2H3. The average molecular weight is 553 g/mol. The van der Waals surface area contributed by atoms with Gasteiger partial charge < -0.3 is 14.7 Å². The third kappa shape index (κ3) is 5.44. The molecule has 1 saturated heterocycles. The summed E-state index contributed by atoms with van der Waals surface area (Å²) < 4.78 is 33.9. The number of hydrogen-bond acceptors (Lipinski definition) is 8. The first-order chi connectivity index (χ1) is 18.1. The Kier molecular flexibility index (Phi) is 7.24. The first-order valence-electron chi connectivity index (χ1n) is 12.4. The predicted molar refractivity (Wildman–Crippen MR) is 144 cm³/mol. The van der Waals surface area contributed by atoms with Gasteiger partial charge >= 0.3 is 0 Å². The normalized spacial score (nSPS) is 17.2. The summed E-state index contributed by atoms with van der Waals surface area (Å²) in [4.78, 5) is 19.1. The SMILES string of the molecule is CC(C)Oc1ccc(-c2ncc(-c3cccc4c3CCC4NS(=O)(=O)CC(=O)N3CC(O)C3)s2)cc1C#N. The number of carbonyl (C=O) groups excluding carboxylic acids is 1. The number of thiazole rings is 1. The van der Waals surface area contributed by atoms with E-state index in [1.807, 2.05) is 38.1 Å². The van der Waals surface area contributed by atoms with Crippen LogP contribution in [-0.4, -0.2) is 60.4 Å². The van der Waals surface area contributed by atoms with Gasteiger partial charge in [0.15, 0.2) is 0 Å². The van der Waals surface area contributed by atoms with Crippen LogP contribution in [0.15, 0.2) is 42.6 Å². The number of benzene rings is 2. The number of amides is 1. The van der Waals surface area contributed by atoms with Crippen LogP contribution in [0.4, 0.5) is 0 Å². The van der Waals surface area contributed by atoms with Gasteiger partial charge in [0.05, 0.1) is 22.6 Å². The van der Waals surface area contributed by atoms with E-state index in [0.29, 0.717) is 24.2 Å². The molecule has 1 aliphatic heterocycles. The van der Waals surface area contributed by atoms with Crippen LogP contribution < -0.4 is 9.46 Å². The van der Waals surface area contributed by atoms with Gasteiger partial charge in [-0.05, 0) is 61.6 Å². The summed E-state index contributed by atoms with van der Waals surface area (Å²) in [5.74, 6) is -0.591. The summed E-state index contributed by atoms with van der Waals surface area (Å²) in [7, 11) is -3.84. The molecule has 1 aliphatic carbocycles. The van der Waals surface area contributed by atoms with Gasteiger partial charge in [-0.2, -0.15) is 5.26 Å². The maximum atomic E-state index is 12.7. The summed E-state index contributed by atoms with van der Waals surface area (Å²) >= 11 is 1.51. The number of sulfonamides is 1. The number of β-amino-alcohol motifs (C(OH)–C–C–N with tert-alkyl or cyclic N) is 1. The van der Waals surface area contributed by atoms with Gasteiger partial charge in [0.2, 0.25) is 15.9 Å². The number of hydrogen-bond donors (Lipinski definition) is 2. The first kappa shape index (κ1) is 26.3. The number of nitrogens with zero attached hydrogens (tertiary/aromatic N) is 3. The molecule has 2 N–H and O–H groups in total. The number of nitrogens with one attached hydrogen (secondary N) is 1. The molecule has 0 bridgehead atoms. The topological polar surface area (TPSA) is 133 Å². The second-order valence-corrected chi connectivity index (χ2v) is 12.6. The smallest absolute Gasteiger partial charge is 0.239 e.